The number of piperidine rings is 1. The molecule has 2 aliphatic heterocycles. The average molecular weight is 353 g/mol. The first-order valence-electron chi connectivity index (χ1n) is 9.00. The number of aliphatic hydroxyl groups is 1. The van der Waals surface area contributed by atoms with Gasteiger partial charge in [-0.15, -0.1) is 0 Å². The highest BCUT2D eigenvalue weighted by molar-refractivity contribution is 5.73. The molecule has 1 fully saturated rings. The number of carbonyl (C=O) groups excluding carboxylic acids is 1. The lowest BCUT2D eigenvalue weighted by molar-refractivity contribution is -0.227. The van der Waals surface area contributed by atoms with E-state index in [4.69, 9.17) is 9.47 Å². The molecular formula is C21H23NO4. The lowest BCUT2D eigenvalue weighted by Crippen LogP contribution is -2.52. The van der Waals surface area contributed by atoms with Crippen molar-refractivity contribution >= 4 is 5.91 Å². The number of ether oxygens (including phenoxy) is 2. The fourth-order valence-electron chi connectivity index (χ4n) is 3.62. The summed E-state index contributed by atoms with van der Waals surface area (Å²) in [7, 11) is 0. The van der Waals surface area contributed by atoms with Crippen LogP contribution in [0.25, 0.3) is 11.1 Å². The van der Waals surface area contributed by atoms with Crippen LogP contribution in [0.5, 0.6) is 5.75 Å². The summed E-state index contributed by atoms with van der Waals surface area (Å²) >= 11 is 0. The average Bonchev–Trinajstić information content (AvgIpc) is 2.68. The third kappa shape index (κ3) is 3.20. The predicted octanol–water partition coefficient (Wildman–Crippen LogP) is 3.09. The molecule has 2 heterocycles. The first kappa shape index (κ1) is 17.1. The number of rotatable bonds is 2. The van der Waals surface area contributed by atoms with Crippen LogP contribution in [0, 0.1) is 0 Å². The van der Waals surface area contributed by atoms with Gasteiger partial charge in [0.1, 0.15) is 5.75 Å². The van der Waals surface area contributed by atoms with Gasteiger partial charge in [-0.3, -0.25) is 4.79 Å². The largest absolute Gasteiger partial charge is 0.462 e. The molecule has 1 amide bonds. The molecule has 136 valence electrons. The molecule has 26 heavy (non-hydrogen) atoms. The number of benzene rings is 2. The van der Waals surface area contributed by atoms with Gasteiger partial charge in [0.25, 0.3) is 0 Å². The second-order valence-corrected chi connectivity index (χ2v) is 6.99. The molecule has 0 unspecified atom stereocenters. The van der Waals surface area contributed by atoms with Crippen molar-refractivity contribution in [3.05, 3.63) is 53.6 Å². The van der Waals surface area contributed by atoms with Gasteiger partial charge in [-0.25, -0.2) is 0 Å². The number of hydrogen-bond donors (Lipinski definition) is 1. The van der Waals surface area contributed by atoms with Crippen molar-refractivity contribution in [2.45, 2.75) is 38.8 Å². The molecule has 2 aromatic carbocycles. The fourth-order valence-corrected chi connectivity index (χ4v) is 3.62. The molecule has 2 aliphatic rings. The van der Waals surface area contributed by atoms with Crippen LogP contribution in [0.3, 0.4) is 0 Å². The van der Waals surface area contributed by atoms with Gasteiger partial charge in [-0.2, -0.15) is 0 Å². The van der Waals surface area contributed by atoms with E-state index in [9.17, 15) is 9.90 Å². The Balaban J connectivity index is 1.51. The topological polar surface area (TPSA) is 59.0 Å². The van der Waals surface area contributed by atoms with Crippen molar-refractivity contribution < 1.29 is 19.4 Å². The molecule has 1 spiro atoms. The molecular weight excluding hydrogens is 330 g/mol. The Morgan fingerprint density at radius 1 is 1.12 bits per heavy atom. The van der Waals surface area contributed by atoms with Crippen LogP contribution in [0.15, 0.2) is 42.5 Å². The monoisotopic (exact) mass is 353 g/mol. The van der Waals surface area contributed by atoms with Gasteiger partial charge in [-0.1, -0.05) is 30.3 Å². The van der Waals surface area contributed by atoms with Crippen molar-refractivity contribution in [1.82, 2.24) is 4.90 Å². The van der Waals surface area contributed by atoms with Crippen LogP contribution < -0.4 is 4.74 Å². The van der Waals surface area contributed by atoms with Crippen LogP contribution in [0.2, 0.25) is 0 Å². The zero-order chi connectivity index (χ0) is 18.1. The summed E-state index contributed by atoms with van der Waals surface area (Å²) in [6.07, 6.45) is 1.38. The van der Waals surface area contributed by atoms with E-state index in [0.29, 0.717) is 32.5 Å². The van der Waals surface area contributed by atoms with Crippen LogP contribution in [0.4, 0.5) is 0 Å². The molecule has 2 aromatic rings. The zero-order valence-corrected chi connectivity index (χ0v) is 14.9. The molecule has 0 aliphatic carbocycles. The molecule has 1 saturated heterocycles. The van der Waals surface area contributed by atoms with Crippen molar-refractivity contribution in [3.63, 3.8) is 0 Å². The van der Waals surface area contributed by atoms with E-state index in [2.05, 4.69) is 12.1 Å². The minimum absolute atomic E-state index is 0.0509. The molecule has 5 nitrogen and oxygen atoms in total. The molecule has 5 heteroatoms. The van der Waals surface area contributed by atoms with Gasteiger partial charge >= 0.3 is 0 Å². The van der Waals surface area contributed by atoms with Crippen molar-refractivity contribution in [2.24, 2.45) is 0 Å². The Kier molecular flexibility index (Phi) is 4.42. The maximum atomic E-state index is 11.5. The van der Waals surface area contributed by atoms with Gasteiger partial charge in [0.2, 0.25) is 11.7 Å². The van der Waals surface area contributed by atoms with Crippen LogP contribution in [0.1, 0.15) is 30.9 Å². The summed E-state index contributed by atoms with van der Waals surface area (Å²) in [5.41, 5.74) is 4.13. The summed E-state index contributed by atoms with van der Waals surface area (Å²) in [5, 5.41) is 9.17. The standard InChI is InChI=1S/C21H23NO4/c1-15(24)22-10-8-21(9-11-22)25-14-19-12-18(6-7-20(19)26-21)17-4-2-16(13-23)3-5-17/h2-7,12,23H,8-11,13-14H2,1H3. The number of carbonyl (C=O) groups is 1. The predicted molar refractivity (Wildman–Crippen MR) is 97.4 cm³/mol. The Morgan fingerprint density at radius 3 is 2.46 bits per heavy atom. The van der Waals surface area contributed by atoms with Crippen LogP contribution in [-0.4, -0.2) is 34.8 Å². The van der Waals surface area contributed by atoms with Gasteiger partial charge < -0.3 is 19.5 Å². The highest BCUT2D eigenvalue weighted by Gasteiger charge is 2.41. The highest BCUT2D eigenvalue weighted by atomic mass is 16.7. The molecule has 0 aromatic heterocycles. The van der Waals surface area contributed by atoms with E-state index >= 15 is 0 Å². The SMILES string of the molecule is CC(=O)N1CCC2(CC1)OCc1cc(-c3ccc(CO)cc3)ccc1O2. The van der Waals surface area contributed by atoms with E-state index in [1.54, 1.807) is 6.92 Å². The van der Waals surface area contributed by atoms with E-state index in [1.165, 1.54) is 0 Å². The van der Waals surface area contributed by atoms with Crippen LogP contribution in [-0.2, 0) is 22.7 Å². The minimum atomic E-state index is -0.608. The Labute approximate surface area is 153 Å². The Hall–Kier alpha value is -2.37. The summed E-state index contributed by atoms with van der Waals surface area (Å²) in [6.45, 7) is 3.50. The van der Waals surface area contributed by atoms with Gasteiger partial charge in [0, 0.05) is 38.4 Å². The van der Waals surface area contributed by atoms with Crippen LogP contribution >= 0.6 is 0 Å². The summed E-state index contributed by atoms with van der Waals surface area (Å²) in [4.78, 5) is 13.4. The van der Waals surface area contributed by atoms with Gasteiger partial charge in [-0.05, 0) is 28.8 Å². The van der Waals surface area contributed by atoms with E-state index in [0.717, 1.165) is 28.0 Å². The molecule has 0 bridgehead atoms. The number of likely N-dealkylation sites (tertiary alicyclic amines) is 1. The number of fused-ring (bicyclic) bond motifs is 1. The number of amides is 1. The number of nitrogens with zero attached hydrogens (tertiary/aromatic N) is 1. The fraction of sp³-hybridized carbons (Fsp3) is 0.381. The molecule has 0 radical (unpaired) electrons. The van der Waals surface area contributed by atoms with Crippen molar-refractivity contribution in [2.75, 3.05) is 13.1 Å². The summed E-state index contributed by atoms with van der Waals surface area (Å²) in [6, 6.07) is 14.0. The van der Waals surface area contributed by atoms with Gasteiger partial charge in [0.15, 0.2) is 0 Å². The minimum Gasteiger partial charge on any atom is -0.462 e. The first-order chi connectivity index (χ1) is 12.6. The number of hydrogen-bond acceptors (Lipinski definition) is 4. The Morgan fingerprint density at radius 2 is 1.81 bits per heavy atom. The van der Waals surface area contributed by atoms with E-state index in [-0.39, 0.29) is 12.5 Å². The summed E-state index contributed by atoms with van der Waals surface area (Å²) in [5.74, 6) is 0.361. The van der Waals surface area contributed by atoms with Crippen molar-refractivity contribution in [3.8, 4) is 16.9 Å². The maximum absolute atomic E-state index is 11.5. The molecule has 4 rings (SSSR count). The van der Waals surface area contributed by atoms with E-state index < -0.39 is 5.79 Å². The first-order valence-corrected chi connectivity index (χ1v) is 9.00. The highest BCUT2D eigenvalue weighted by Crippen LogP contribution is 2.39. The third-order valence-corrected chi connectivity index (χ3v) is 5.29. The van der Waals surface area contributed by atoms with Gasteiger partial charge in [0.05, 0.1) is 13.2 Å². The Bertz CT molecular complexity index is 807. The van der Waals surface area contributed by atoms with Crippen molar-refractivity contribution in [1.29, 1.82) is 0 Å². The van der Waals surface area contributed by atoms with E-state index in [1.807, 2.05) is 35.2 Å². The second-order valence-electron chi connectivity index (χ2n) is 6.99. The lowest BCUT2D eigenvalue weighted by Gasteiger charge is -2.43. The molecule has 0 atom stereocenters. The number of aliphatic hydroxyl groups excluding tert-OH is 1. The normalized spacial score (nSPS) is 18.3. The lowest BCUT2D eigenvalue weighted by atomic mass is 9.98. The zero-order valence-electron chi connectivity index (χ0n) is 14.9. The molecule has 0 saturated carbocycles. The third-order valence-electron chi connectivity index (χ3n) is 5.29. The smallest absolute Gasteiger partial charge is 0.219 e. The molecule has 1 N–H and O–H groups in total. The second kappa shape index (κ2) is 6.74. The maximum Gasteiger partial charge on any atom is 0.219 e. The quantitative estimate of drug-likeness (QED) is 0.901. The summed E-state index contributed by atoms with van der Waals surface area (Å²) < 4.78 is 12.3.